The van der Waals surface area contributed by atoms with Gasteiger partial charge in [-0.2, -0.15) is 0 Å². The molecular formula is C12H17N3. The quantitative estimate of drug-likeness (QED) is 0.604. The van der Waals surface area contributed by atoms with E-state index in [9.17, 15) is 0 Å². The third kappa shape index (κ3) is 2.55. The van der Waals surface area contributed by atoms with Crippen molar-refractivity contribution in [2.24, 2.45) is 5.92 Å². The second-order valence-electron chi connectivity index (χ2n) is 4.29. The van der Waals surface area contributed by atoms with Crippen LogP contribution in [0.3, 0.4) is 0 Å². The summed E-state index contributed by atoms with van der Waals surface area (Å²) >= 11 is 0. The summed E-state index contributed by atoms with van der Waals surface area (Å²) in [5.74, 6) is 1.28. The van der Waals surface area contributed by atoms with E-state index in [1.54, 1.807) is 0 Å². The van der Waals surface area contributed by atoms with Gasteiger partial charge in [-0.1, -0.05) is 6.07 Å². The second-order valence-corrected chi connectivity index (χ2v) is 4.29. The van der Waals surface area contributed by atoms with E-state index in [1.807, 2.05) is 37.1 Å². The van der Waals surface area contributed by atoms with E-state index >= 15 is 0 Å². The largest absolute Gasteiger partial charge is 0.357 e. The summed E-state index contributed by atoms with van der Waals surface area (Å²) in [5.41, 5.74) is 2.08. The maximum Gasteiger partial charge on any atom is 0.0990 e. The second kappa shape index (κ2) is 4.01. The molecule has 1 fully saturated rings. The monoisotopic (exact) mass is 203 g/mol. The first-order chi connectivity index (χ1) is 7.16. The van der Waals surface area contributed by atoms with Gasteiger partial charge in [0.2, 0.25) is 0 Å². The molecule has 1 aliphatic carbocycles. The average Bonchev–Trinajstić information content (AvgIpc) is 2.99. The molecule has 1 aromatic rings. The Morgan fingerprint density at radius 3 is 2.87 bits per heavy atom. The lowest BCUT2D eigenvalue weighted by atomic mass is 10.3. The zero-order chi connectivity index (χ0) is 10.8. The van der Waals surface area contributed by atoms with Gasteiger partial charge in [0.1, 0.15) is 0 Å². The Balaban J connectivity index is 1.98. The molecule has 0 saturated heterocycles. The SMILES string of the molecule is Cc1cccc(CN(C)C(=N)C2CC2)n1. The molecule has 0 amide bonds. The zero-order valence-electron chi connectivity index (χ0n) is 9.33. The number of pyridine rings is 1. The fourth-order valence-corrected chi connectivity index (χ4v) is 1.68. The van der Waals surface area contributed by atoms with Crippen molar-refractivity contribution < 1.29 is 0 Å². The van der Waals surface area contributed by atoms with Gasteiger partial charge in [-0.05, 0) is 31.9 Å². The van der Waals surface area contributed by atoms with Crippen molar-refractivity contribution in [2.45, 2.75) is 26.3 Å². The fourth-order valence-electron chi connectivity index (χ4n) is 1.68. The van der Waals surface area contributed by atoms with Crippen LogP contribution in [0.2, 0.25) is 0 Å². The predicted octanol–water partition coefficient (Wildman–Crippen LogP) is 2.21. The smallest absolute Gasteiger partial charge is 0.0990 e. The van der Waals surface area contributed by atoms with Crippen LogP contribution in [0.4, 0.5) is 0 Å². The standard InChI is InChI=1S/C12H17N3/c1-9-4-3-5-11(14-9)8-15(2)12(13)10-6-7-10/h3-5,10,13H,6-8H2,1-2H3. The van der Waals surface area contributed by atoms with Crippen LogP contribution in [0, 0.1) is 18.3 Å². The number of nitrogens with one attached hydrogen (secondary N) is 1. The summed E-state index contributed by atoms with van der Waals surface area (Å²) in [6.07, 6.45) is 2.37. The zero-order valence-corrected chi connectivity index (χ0v) is 9.33. The minimum Gasteiger partial charge on any atom is -0.357 e. The van der Waals surface area contributed by atoms with Crippen molar-refractivity contribution in [1.82, 2.24) is 9.88 Å². The van der Waals surface area contributed by atoms with Crippen molar-refractivity contribution in [3.8, 4) is 0 Å². The highest BCUT2D eigenvalue weighted by atomic mass is 15.2. The lowest BCUT2D eigenvalue weighted by Gasteiger charge is -2.19. The fraction of sp³-hybridized carbons (Fsp3) is 0.500. The van der Waals surface area contributed by atoms with Crippen molar-refractivity contribution in [3.63, 3.8) is 0 Å². The molecule has 1 heterocycles. The molecule has 0 aliphatic heterocycles. The van der Waals surface area contributed by atoms with Crippen molar-refractivity contribution in [3.05, 3.63) is 29.6 Å². The first kappa shape index (κ1) is 10.1. The number of amidine groups is 1. The van der Waals surface area contributed by atoms with Crippen LogP contribution in [0.1, 0.15) is 24.2 Å². The highest BCUT2D eigenvalue weighted by Gasteiger charge is 2.28. The molecule has 15 heavy (non-hydrogen) atoms. The number of aromatic nitrogens is 1. The van der Waals surface area contributed by atoms with E-state index in [-0.39, 0.29) is 0 Å². The average molecular weight is 203 g/mol. The maximum absolute atomic E-state index is 7.91. The van der Waals surface area contributed by atoms with Gasteiger partial charge in [0, 0.05) is 18.7 Å². The van der Waals surface area contributed by atoms with E-state index in [4.69, 9.17) is 5.41 Å². The van der Waals surface area contributed by atoms with Crippen LogP contribution in [-0.2, 0) is 6.54 Å². The first-order valence-corrected chi connectivity index (χ1v) is 5.39. The lowest BCUT2D eigenvalue weighted by Crippen LogP contribution is -2.27. The molecule has 1 N–H and O–H groups in total. The minimum absolute atomic E-state index is 0.514. The molecule has 3 nitrogen and oxygen atoms in total. The van der Waals surface area contributed by atoms with Gasteiger partial charge < -0.3 is 4.90 Å². The summed E-state index contributed by atoms with van der Waals surface area (Å²) in [7, 11) is 1.98. The van der Waals surface area contributed by atoms with E-state index < -0.39 is 0 Å². The Labute approximate surface area is 90.6 Å². The molecular weight excluding hydrogens is 186 g/mol. The molecule has 0 bridgehead atoms. The molecule has 2 rings (SSSR count). The topological polar surface area (TPSA) is 40.0 Å². The summed E-state index contributed by atoms with van der Waals surface area (Å²) in [6, 6.07) is 6.03. The van der Waals surface area contributed by atoms with E-state index in [2.05, 4.69) is 4.98 Å². The summed E-state index contributed by atoms with van der Waals surface area (Å²) in [5, 5.41) is 7.91. The highest BCUT2D eigenvalue weighted by Crippen LogP contribution is 2.31. The van der Waals surface area contributed by atoms with Crippen molar-refractivity contribution >= 4 is 5.84 Å². The van der Waals surface area contributed by atoms with Crippen LogP contribution in [0.15, 0.2) is 18.2 Å². The van der Waals surface area contributed by atoms with E-state index in [0.717, 1.165) is 23.8 Å². The molecule has 80 valence electrons. The number of rotatable bonds is 3. The third-order valence-electron chi connectivity index (χ3n) is 2.72. The Morgan fingerprint density at radius 1 is 1.53 bits per heavy atom. The number of hydrogen-bond donors (Lipinski definition) is 1. The number of hydrogen-bond acceptors (Lipinski definition) is 2. The van der Waals surface area contributed by atoms with E-state index in [0.29, 0.717) is 5.92 Å². The van der Waals surface area contributed by atoms with Gasteiger partial charge in [0.05, 0.1) is 18.1 Å². The maximum atomic E-state index is 7.91. The molecule has 0 radical (unpaired) electrons. The normalized spacial score (nSPS) is 15.1. The van der Waals surface area contributed by atoms with Crippen LogP contribution in [-0.4, -0.2) is 22.8 Å². The summed E-state index contributed by atoms with van der Waals surface area (Å²) in [4.78, 5) is 6.44. The van der Waals surface area contributed by atoms with Gasteiger partial charge in [0.15, 0.2) is 0 Å². The van der Waals surface area contributed by atoms with Crippen molar-refractivity contribution in [2.75, 3.05) is 7.05 Å². The van der Waals surface area contributed by atoms with Crippen LogP contribution >= 0.6 is 0 Å². The lowest BCUT2D eigenvalue weighted by molar-refractivity contribution is 0.473. The van der Waals surface area contributed by atoms with Gasteiger partial charge >= 0.3 is 0 Å². The van der Waals surface area contributed by atoms with Gasteiger partial charge in [-0.15, -0.1) is 0 Å². The summed E-state index contributed by atoms with van der Waals surface area (Å²) < 4.78 is 0. The Morgan fingerprint density at radius 2 is 2.27 bits per heavy atom. The molecule has 0 unspecified atom stereocenters. The van der Waals surface area contributed by atoms with Crippen LogP contribution in [0.5, 0.6) is 0 Å². The molecule has 0 aromatic carbocycles. The first-order valence-electron chi connectivity index (χ1n) is 5.39. The summed E-state index contributed by atoms with van der Waals surface area (Å²) in [6.45, 7) is 2.74. The van der Waals surface area contributed by atoms with Gasteiger partial charge in [-0.3, -0.25) is 10.4 Å². The molecule has 1 aliphatic rings. The Kier molecular flexibility index (Phi) is 2.71. The third-order valence-corrected chi connectivity index (χ3v) is 2.72. The molecule has 0 spiro atoms. The molecule has 3 heteroatoms. The Bertz CT molecular complexity index is 369. The number of aryl methyl sites for hydroxylation is 1. The minimum atomic E-state index is 0.514. The predicted molar refractivity (Wildman–Crippen MR) is 60.9 cm³/mol. The van der Waals surface area contributed by atoms with Crippen molar-refractivity contribution in [1.29, 1.82) is 5.41 Å². The molecule has 1 aromatic heterocycles. The van der Waals surface area contributed by atoms with Gasteiger partial charge in [0.25, 0.3) is 0 Å². The highest BCUT2D eigenvalue weighted by molar-refractivity contribution is 5.83. The number of nitrogens with zero attached hydrogens (tertiary/aromatic N) is 2. The molecule has 1 saturated carbocycles. The van der Waals surface area contributed by atoms with Crippen LogP contribution < -0.4 is 0 Å². The molecule has 0 atom stereocenters. The Hall–Kier alpha value is -1.38. The van der Waals surface area contributed by atoms with Crippen LogP contribution in [0.25, 0.3) is 0 Å². The van der Waals surface area contributed by atoms with E-state index in [1.165, 1.54) is 12.8 Å². The van der Waals surface area contributed by atoms with Gasteiger partial charge in [-0.25, -0.2) is 0 Å².